The van der Waals surface area contributed by atoms with E-state index in [0.717, 1.165) is 0 Å². The lowest BCUT2D eigenvalue weighted by Gasteiger charge is -2.21. The molecule has 5 aromatic carbocycles. The van der Waals surface area contributed by atoms with E-state index in [0.29, 0.717) is 0 Å². The van der Waals surface area contributed by atoms with Crippen molar-refractivity contribution < 1.29 is 0 Å². The molecular weight excluding hydrogens is 448 g/mol. The second-order valence-electron chi connectivity index (χ2n) is 10.7. The molecule has 0 saturated carbocycles. The molecular formula is C35H26N2. The number of fused-ring (bicyclic) bond motifs is 8. The van der Waals surface area contributed by atoms with E-state index in [2.05, 4.69) is 144 Å². The first-order valence-electron chi connectivity index (χ1n) is 13.0. The predicted octanol–water partition coefficient (Wildman–Crippen LogP) is 9.03. The first-order valence-corrected chi connectivity index (χ1v) is 13.0. The van der Waals surface area contributed by atoms with Crippen LogP contribution in [0.25, 0.3) is 55.2 Å². The molecule has 176 valence electrons. The fraction of sp³-hybridized carbons (Fsp3) is 0.0857. The monoisotopic (exact) mass is 474 g/mol. The van der Waals surface area contributed by atoms with Crippen molar-refractivity contribution in [3.63, 3.8) is 0 Å². The molecule has 2 aromatic heterocycles. The Balaban J connectivity index is 1.37. The lowest BCUT2D eigenvalue weighted by Crippen LogP contribution is -2.14. The van der Waals surface area contributed by atoms with Gasteiger partial charge in [0, 0.05) is 39.1 Å². The molecule has 0 N–H and O–H groups in total. The zero-order valence-electron chi connectivity index (χ0n) is 20.9. The lowest BCUT2D eigenvalue weighted by atomic mass is 9.82. The van der Waals surface area contributed by atoms with Gasteiger partial charge in [0.1, 0.15) is 0 Å². The lowest BCUT2D eigenvalue weighted by molar-refractivity contribution is 0.661. The van der Waals surface area contributed by atoms with Crippen molar-refractivity contribution in [2.45, 2.75) is 19.3 Å². The summed E-state index contributed by atoms with van der Waals surface area (Å²) < 4.78 is 4.71. The highest BCUT2D eigenvalue weighted by Crippen LogP contribution is 2.51. The Bertz CT molecular complexity index is 2000. The van der Waals surface area contributed by atoms with Gasteiger partial charge in [0.2, 0.25) is 0 Å². The zero-order valence-corrected chi connectivity index (χ0v) is 20.9. The Morgan fingerprint density at radius 2 is 1.24 bits per heavy atom. The van der Waals surface area contributed by atoms with E-state index in [1.165, 1.54) is 66.3 Å². The molecule has 8 rings (SSSR count). The largest absolute Gasteiger partial charge is 0.317 e. The van der Waals surface area contributed by atoms with E-state index in [-0.39, 0.29) is 5.41 Å². The minimum Gasteiger partial charge on any atom is -0.317 e. The molecule has 0 unspecified atom stereocenters. The predicted molar refractivity (Wildman–Crippen MR) is 155 cm³/mol. The summed E-state index contributed by atoms with van der Waals surface area (Å²) >= 11 is 0. The van der Waals surface area contributed by atoms with Crippen LogP contribution < -0.4 is 0 Å². The van der Waals surface area contributed by atoms with Gasteiger partial charge in [0.05, 0.1) is 16.6 Å². The summed E-state index contributed by atoms with van der Waals surface area (Å²) in [5.74, 6) is 0. The summed E-state index contributed by atoms with van der Waals surface area (Å²) in [6.45, 7) is 4.69. The molecule has 1 aliphatic carbocycles. The smallest absolute Gasteiger partial charge is 0.0542 e. The van der Waals surface area contributed by atoms with Gasteiger partial charge in [-0.3, -0.25) is 0 Å². The standard InChI is InChI=1S/C35H26N2/c1-35(2)29-14-8-6-13-26(29)34-27-20-21-36(31(27)19-17-30(34)35)24-16-18-33-28(22-24)25-12-7-9-15-32(25)37(33)23-10-4-3-5-11-23/h3-22H,1-2H3. The number of benzene rings is 5. The SMILES string of the molecule is CC1(C)c2ccccc2-c2c1ccc1c2ccn1-c1ccc2c(c1)c1ccccc1n2-c1ccccc1. The Labute approximate surface area is 216 Å². The molecule has 0 amide bonds. The number of rotatable bonds is 2. The third-order valence-electron chi connectivity index (χ3n) is 8.36. The highest BCUT2D eigenvalue weighted by molar-refractivity contribution is 6.10. The first-order chi connectivity index (χ1) is 18.1. The third kappa shape index (κ3) is 2.70. The second-order valence-corrected chi connectivity index (χ2v) is 10.7. The molecule has 0 saturated heterocycles. The van der Waals surface area contributed by atoms with Crippen molar-refractivity contribution in [3.05, 3.63) is 133 Å². The van der Waals surface area contributed by atoms with Crippen LogP contribution >= 0.6 is 0 Å². The fourth-order valence-corrected chi connectivity index (χ4v) is 6.61. The zero-order chi connectivity index (χ0) is 24.7. The van der Waals surface area contributed by atoms with Crippen LogP contribution in [-0.2, 0) is 5.41 Å². The highest BCUT2D eigenvalue weighted by Gasteiger charge is 2.36. The average molecular weight is 475 g/mol. The average Bonchev–Trinajstić information content (AvgIpc) is 3.58. The first kappa shape index (κ1) is 20.6. The molecule has 2 nitrogen and oxygen atoms in total. The quantitative estimate of drug-likeness (QED) is 0.236. The van der Waals surface area contributed by atoms with Gasteiger partial charge in [0.15, 0.2) is 0 Å². The van der Waals surface area contributed by atoms with E-state index < -0.39 is 0 Å². The van der Waals surface area contributed by atoms with Gasteiger partial charge in [-0.25, -0.2) is 0 Å². The van der Waals surface area contributed by atoms with Crippen LogP contribution in [0, 0.1) is 0 Å². The summed E-state index contributed by atoms with van der Waals surface area (Å²) in [4.78, 5) is 0. The molecule has 2 heteroatoms. The Morgan fingerprint density at radius 3 is 2.14 bits per heavy atom. The molecule has 0 spiro atoms. The summed E-state index contributed by atoms with van der Waals surface area (Å²) in [5, 5.41) is 3.87. The van der Waals surface area contributed by atoms with Gasteiger partial charge in [-0.05, 0) is 70.8 Å². The molecule has 37 heavy (non-hydrogen) atoms. The van der Waals surface area contributed by atoms with Crippen LogP contribution in [0.3, 0.4) is 0 Å². The molecule has 0 atom stereocenters. The maximum absolute atomic E-state index is 2.37. The van der Waals surface area contributed by atoms with Crippen molar-refractivity contribution in [1.82, 2.24) is 9.13 Å². The summed E-state index contributed by atoms with van der Waals surface area (Å²) in [6.07, 6.45) is 2.23. The number of nitrogens with zero attached hydrogens (tertiary/aromatic N) is 2. The van der Waals surface area contributed by atoms with Gasteiger partial charge in [-0.15, -0.1) is 0 Å². The molecule has 7 aromatic rings. The number of hydrogen-bond donors (Lipinski definition) is 0. The Hall–Kier alpha value is -4.56. The molecule has 0 aliphatic heterocycles. The minimum absolute atomic E-state index is 0.0143. The van der Waals surface area contributed by atoms with Crippen molar-refractivity contribution >= 4 is 32.7 Å². The van der Waals surface area contributed by atoms with Crippen LogP contribution in [0.1, 0.15) is 25.0 Å². The van der Waals surface area contributed by atoms with E-state index in [1.807, 2.05) is 0 Å². The van der Waals surface area contributed by atoms with Crippen LogP contribution in [0.2, 0.25) is 0 Å². The number of hydrogen-bond acceptors (Lipinski definition) is 0. The normalized spacial score (nSPS) is 13.9. The van der Waals surface area contributed by atoms with Crippen molar-refractivity contribution in [2.24, 2.45) is 0 Å². The summed E-state index contributed by atoms with van der Waals surface area (Å²) in [6, 6.07) is 42.1. The Kier molecular flexibility index (Phi) is 4.03. The van der Waals surface area contributed by atoms with E-state index in [4.69, 9.17) is 0 Å². The number of para-hydroxylation sites is 2. The summed E-state index contributed by atoms with van der Waals surface area (Å²) in [7, 11) is 0. The molecule has 0 fully saturated rings. The van der Waals surface area contributed by atoms with Crippen molar-refractivity contribution in [1.29, 1.82) is 0 Å². The minimum atomic E-state index is 0.0143. The molecule has 2 heterocycles. The maximum Gasteiger partial charge on any atom is 0.0542 e. The highest BCUT2D eigenvalue weighted by atomic mass is 15.0. The van der Waals surface area contributed by atoms with Gasteiger partial charge in [-0.1, -0.05) is 80.6 Å². The maximum atomic E-state index is 2.37. The fourth-order valence-electron chi connectivity index (χ4n) is 6.61. The van der Waals surface area contributed by atoms with Crippen molar-refractivity contribution in [2.75, 3.05) is 0 Å². The molecule has 0 bridgehead atoms. The van der Waals surface area contributed by atoms with Gasteiger partial charge < -0.3 is 9.13 Å². The second kappa shape index (κ2) is 7.24. The van der Waals surface area contributed by atoms with E-state index >= 15 is 0 Å². The van der Waals surface area contributed by atoms with Crippen LogP contribution in [0.15, 0.2) is 121 Å². The Morgan fingerprint density at radius 1 is 0.514 bits per heavy atom. The summed E-state index contributed by atoms with van der Waals surface area (Å²) in [5.41, 5.74) is 11.7. The van der Waals surface area contributed by atoms with Crippen molar-refractivity contribution in [3.8, 4) is 22.5 Å². The third-order valence-corrected chi connectivity index (χ3v) is 8.36. The van der Waals surface area contributed by atoms with Crippen LogP contribution in [0.4, 0.5) is 0 Å². The van der Waals surface area contributed by atoms with Gasteiger partial charge >= 0.3 is 0 Å². The number of aromatic nitrogens is 2. The van der Waals surface area contributed by atoms with E-state index in [1.54, 1.807) is 0 Å². The van der Waals surface area contributed by atoms with E-state index in [9.17, 15) is 0 Å². The van der Waals surface area contributed by atoms with Gasteiger partial charge in [0.25, 0.3) is 0 Å². The topological polar surface area (TPSA) is 9.86 Å². The van der Waals surface area contributed by atoms with Crippen LogP contribution in [-0.4, -0.2) is 9.13 Å². The molecule has 0 radical (unpaired) electrons. The van der Waals surface area contributed by atoms with Gasteiger partial charge in [-0.2, -0.15) is 0 Å². The van der Waals surface area contributed by atoms with Crippen LogP contribution in [0.5, 0.6) is 0 Å². The molecule has 1 aliphatic rings.